The zero-order chi connectivity index (χ0) is 12.3. The molecule has 1 N–H and O–H groups in total. The molecule has 0 amide bonds. The standard InChI is InChI=1S/C14H15NO2/c1-14(16,13-5-3-4-10-15-13)11-6-8-12(17-2)9-7-11/h3-10,16H,1-2H3. The molecule has 1 unspecified atom stereocenters. The molecule has 0 aliphatic carbocycles. The smallest absolute Gasteiger partial charge is 0.129 e. The Bertz CT molecular complexity index is 477. The summed E-state index contributed by atoms with van der Waals surface area (Å²) in [6, 6.07) is 12.8. The maximum absolute atomic E-state index is 10.5. The van der Waals surface area contributed by atoms with Crippen molar-refractivity contribution in [2.24, 2.45) is 0 Å². The lowest BCUT2D eigenvalue weighted by atomic mass is 9.92. The molecule has 0 saturated carbocycles. The first-order chi connectivity index (χ1) is 8.14. The van der Waals surface area contributed by atoms with Crippen LogP contribution in [0.4, 0.5) is 0 Å². The van der Waals surface area contributed by atoms with E-state index in [0.717, 1.165) is 11.3 Å². The highest BCUT2D eigenvalue weighted by atomic mass is 16.5. The fraction of sp³-hybridized carbons (Fsp3) is 0.214. The minimum atomic E-state index is -1.09. The van der Waals surface area contributed by atoms with Crippen molar-refractivity contribution < 1.29 is 9.84 Å². The van der Waals surface area contributed by atoms with E-state index in [-0.39, 0.29) is 0 Å². The van der Waals surface area contributed by atoms with Crippen molar-refractivity contribution in [3.05, 3.63) is 59.9 Å². The third kappa shape index (κ3) is 2.29. The van der Waals surface area contributed by atoms with Gasteiger partial charge in [-0.2, -0.15) is 0 Å². The second kappa shape index (κ2) is 4.55. The molecule has 0 aliphatic heterocycles. The molecule has 2 rings (SSSR count). The van der Waals surface area contributed by atoms with E-state index in [1.54, 1.807) is 20.2 Å². The highest BCUT2D eigenvalue weighted by molar-refractivity contribution is 5.35. The van der Waals surface area contributed by atoms with E-state index >= 15 is 0 Å². The van der Waals surface area contributed by atoms with Crippen LogP contribution < -0.4 is 4.74 Å². The Morgan fingerprint density at radius 1 is 1.12 bits per heavy atom. The van der Waals surface area contributed by atoms with Crippen LogP contribution in [-0.4, -0.2) is 17.2 Å². The van der Waals surface area contributed by atoms with Crippen LogP contribution in [0.5, 0.6) is 5.75 Å². The quantitative estimate of drug-likeness (QED) is 0.878. The molecular weight excluding hydrogens is 214 g/mol. The molecule has 1 aromatic heterocycles. The number of methoxy groups -OCH3 is 1. The minimum Gasteiger partial charge on any atom is -0.497 e. The lowest BCUT2D eigenvalue weighted by molar-refractivity contribution is 0.0973. The van der Waals surface area contributed by atoms with Gasteiger partial charge in [0.2, 0.25) is 0 Å². The van der Waals surface area contributed by atoms with Crippen molar-refractivity contribution in [1.29, 1.82) is 0 Å². The molecule has 88 valence electrons. The Morgan fingerprint density at radius 2 is 1.82 bits per heavy atom. The predicted molar refractivity (Wildman–Crippen MR) is 65.9 cm³/mol. The largest absolute Gasteiger partial charge is 0.497 e. The highest BCUT2D eigenvalue weighted by Gasteiger charge is 2.26. The number of nitrogens with zero attached hydrogens (tertiary/aromatic N) is 1. The maximum atomic E-state index is 10.5. The molecule has 1 aromatic carbocycles. The Kier molecular flexibility index (Phi) is 3.11. The Balaban J connectivity index is 2.37. The summed E-state index contributed by atoms with van der Waals surface area (Å²) in [6.07, 6.45) is 1.67. The van der Waals surface area contributed by atoms with Gasteiger partial charge in [-0.05, 0) is 36.8 Å². The number of hydrogen-bond acceptors (Lipinski definition) is 3. The van der Waals surface area contributed by atoms with Crippen LogP contribution in [0.1, 0.15) is 18.2 Å². The SMILES string of the molecule is COc1ccc(C(C)(O)c2ccccn2)cc1. The molecule has 2 aromatic rings. The molecule has 3 heteroatoms. The number of aromatic nitrogens is 1. The first kappa shape index (κ1) is 11.6. The number of rotatable bonds is 3. The van der Waals surface area contributed by atoms with Crippen LogP contribution in [0, 0.1) is 0 Å². The molecule has 1 heterocycles. The van der Waals surface area contributed by atoms with E-state index in [0.29, 0.717) is 5.69 Å². The van der Waals surface area contributed by atoms with E-state index in [1.807, 2.05) is 42.5 Å². The number of ether oxygens (including phenoxy) is 1. The van der Waals surface area contributed by atoms with Crippen molar-refractivity contribution in [1.82, 2.24) is 4.98 Å². The van der Waals surface area contributed by atoms with Crippen LogP contribution in [0.25, 0.3) is 0 Å². The number of pyridine rings is 1. The van der Waals surface area contributed by atoms with Crippen molar-refractivity contribution in [3.63, 3.8) is 0 Å². The summed E-state index contributed by atoms with van der Waals surface area (Å²) in [5, 5.41) is 10.5. The molecule has 17 heavy (non-hydrogen) atoms. The van der Waals surface area contributed by atoms with Crippen LogP contribution in [0.2, 0.25) is 0 Å². The van der Waals surface area contributed by atoms with Gasteiger partial charge >= 0.3 is 0 Å². The van der Waals surface area contributed by atoms with Gasteiger partial charge in [-0.3, -0.25) is 4.98 Å². The van der Waals surface area contributed by atoms with Gasteiger partial charge in [0.25, 0.3) is 0 Å². The molecule has 0 fully saturated rings. The summed E-state index contributed by atoms with van der Waals surface area (Å²) in [6.45, 7) is 1.73. The van der Waals surface area contributed by atoms with Crippen molar-refractivity contribution in [2.45, 2.75) is 12.5 Å². The molecule has 1 atom stereocenters. The van der Waals surface area contributed by atoms with Crippen LogP contribution in [-0.2, 0) is 5.60 Å². The summed E-state index contributed by atoms with van der Waals surface area (Å²) in [4.78, 5) is 4.19. The van der Waals surface area contributed by atoms with Crippen molar-refractivity contribution in [3.8, 4) is 5.75 Å². The van der Waals surface area contributed by atoms with Crippen LogP contribution >= 0.6 is 0 Å². The first-order valence-electron chi connectivity index (χ1n) is 5.43. The van der Waals surface area contributed by atoms with E-state index < -0.39 is 5.60 Å². The highest BCUT2D eigenvalue weighted by Crippen LogP contribution is 2.28. The predicted octanol–water partition coefficient (Wildman–Crippen LogP) is 2.35. The lowest BCUT2D eigenvalue weighted by Crippen LogP contribution is -2.23. The minimum absolute atomic E-state index is 0.630. The molecule has 0 spiro atoms. The normalized spacial score (nSPS) is 14.1. The monoisotopic (exact) mass is 229 g/mol. The van der Waals surface area contributed by atoms with Gasteiger partial charge in [-0.15, -0.1) is 0 Å². The van der Waals surface area contributed by atoms with Gasteiger partial charge in [-0.25, -0.2) is 0 Å². The Labute approximate surface area is 101 Å². The molecule has 0 aliphatic rings. The topological polar surface area (TPSA) is 42.4 Å². The van der Waals surface area contributed by atoms with Crippen molar-refractivity contribution in [2.75, 3.05) is 7.11 Å². The van der Waals surface area contributed by atoms with E-state index in [9.17, 15) is 5.11 Å². The van der Waals surface area contributed by atoms with E-state index in [2.05, 4.69) is 4.98 Å². The summed E-state index contributed by atoms with van der Waals surface area (Å²) in [5.41, 5.74) is 0.329. The van der Waals surface area contributed by atoms with Crippen LogP contribution in [0.3, 0.4) is 0 Å². The van der Waals surface area contributed by atoms with Gasteiger partial charge < -0.3 is 9.84 Å². The molecule has 0 bridgehead atoms. The van der Waals surface area contributed by atoms with Gasteiger partial charge in [-0.1, -0.05) is 18.2 Å². The zero-order valence-corrected chi connectivity index (χ0v) is 9.92. The van der Waals surface area contributed by atoms with Gasteiger partial charge in [0, 0.05) is 6.20 Å². The second-order valence-electron chi connectivity index (χ2n) is 4.02. The molecule has 0 saturated heterocycles. The van der Waals surface area contributed by atoms with Crippen LogP contribution in [0.15, 0.2) is 48.7 Å². The first-order valence-corrected chi connectivity index (χ1v) is 5.43. The molecular formula is C14H15NO2. The zero-order valence-electron chi connectivity index (χ0n) is 9.92. The number of aliphatic hydroxyl groups is 1. The Hall–Kier alpha value is -1.87. The van der Waals surface area contributed by atoms with Gasteiger partial charge in [0.05, 0.1) is 12.8 Å². The summed E-state index contributed by atoms with van der Waals surface area (Å²) >= 11 is 0. The lowest BCUT2D eigenvalue weighted by Gasteiger charge is -2.23. The molecule has 0 radical (unpaired) electrons. The maximum Gasteiger partial charge on any atom is 0.129 e. The number of benzene rings is 1. The second-order valence-corrected chi connectivity index (χ2v) is 4.02. The molecule has 3 nitrogen and oxygen atoms in total. The Morgan fingerprint density at radius 3 is 2.35 bits per heavy atom. The fourth-order valence-corrected chi connectivity index (χ4v) is 1.71. The number of hydrogen-bond donors (Lipinski definition) is 1. The van der Waals surface area contributed by atoms with E-state index in [4.69, 9.17) is 4.74 Å². The average molecular weight is 229 g/mol. The summed E-state index contributed by atoms with van der Waals surface area (Å²) in [5.74, 6) is 0.769. The fourth-order valence-electron chi connectivity index (χ4n) is 1.71. The van der Waals surface area contributed by atoms with Crippen molar-refractivity contribution >= 4 is 0 Å². The van der Waals surface area contributed by atoms with Gasteiger partial charge in [0.15, 0.2) is 0 Å². The third-order valence-electron chi connectivity index (χ3n) is 2.82. The third-order valence-corrected chi connectivity index (χ3v) is 2.82. The van der Waals surface area contributed by atoms with E-state index in [1.165, 1.54) is 0 Å². The average Bonchev–Trinajstić information content (AvgIpc) is 2.40. The summed E-state index contributed by atoms with van der Waals surface area (Å²) in [7, 11) is 1.62. The summed E-state index contributed by atoms with van der Waals surface area (Å²) < 4.78 is 5.09. The van der Waals surface area contributed by atoms with Gasteiger partial charge in [0.1, 0.15) is 11.4 Å².